The lowest BCUT2D eigenvalue weighted by Crippen LogP contribution is -2.22. The molecule has 1 heteroatoms. The van der Waals surface area contributed by atoms with Gasteiger partial charge >= 0.3 is 0 Å². The minimum absolute atomic E-state index is 0.494. The van der Waals surface area contributed by atoms with Crippen LogP contribution in [-0.2, 0) is 0 Å². The Morgan fingerprint density at radius 1 is 1.17 bits per heavy atom. The molecule has 0 unspecified atom stereocenters. The third-order valence-electron chi connectivity index (χ3n) is 4.12. The van der Waals surface area contributed by atoms with Crippen LogP contribution in [0.2, 0.25) is 0 Å². The molecule has 0 amide bonds. The van der Waals surface area contributed by atoms with E-state index in [1.807, 2.05) is 0 Å². The van der Waals surface area contributed by atoms with E-state index in [1.54, 1.807) is 0 Å². The molecule has 0 aromatic carbocycles. The SMILES string of the molecule is CCC1(C2CCC(Cl)CC2)CC1. The highest BCUT2D eigenvalue weighted by molar-refractivity contribution is 6.20. The zero-order valence-corrected chi connectivity index (χ0v) is 8.74. The fraction of sp³-hybridized carbons (Fsp3) is 1.00. The summed E-state index contributed by atoms with van der Waals surface area (Å²) in [5, 5.41) is 0.494. The number of hydrogen-bond acceptors (Lipinski definition) is 0. The minimum Gasteiger partial charge on any atom is -0.123 e. The van der Waals surface area contributed by atoms with E-state index in [2.05, 4.69) is 6.92 Å². The second kappa shape index (κ2) is 3.21. The number of rotatable bonds is 2. The van der Waals surface area contributed by atoms with Crippen molar-refractivity contribution in [2.24, 2.45) is 11.3 Å². The summed E-state index contributed by atoms with van der Waals surface area (Å²) in [6, 6.07) is 0. The fourth-order valence-electron chi connectivity index (χ4n) is 2.88. The summed E-state index contributed by atoms with van der Waals surface area (Å²) < 4.78 is 0. The van der Waals surface area contributed by atoms with Crippen molar-refractivity contribution in [3.05, 3.63) is 0 Å². The first-order valence-electron chi connectivity index (χ1n) is 5.41. The van der Waals surface area contributed by atoms with E-state index in [4.69, 9.17) is 11.6 Å². The zero-order valence-electron chi connectivity index (χ0n) is 7.98. The van der Waals surface area contributed by atoms with E-state index in [-0.39, 0.29) is 0 Å². The number of hydrogen-bond donors (Lipinski definition) is 0. The van der Waals surface area contributed by atoms with Gasteiger partial charge in [-0.3, -0.25) is 0 Å². The highest BCUT2D eigenvalue weighted by Gasteiger charge is 2.47. The summed E-state index contributed by atoms with van der Waals surface area (Å²) in [6.45, 7) is 2.36. The van der Waals surface area contributed by atoms with Gasteiger partial charge in [-0.2, -0.15) is 0 Å². The van der Waals surface area contributed by atoms with Gasteiger partial charge in [0.05, 0.1) is 0 Å². The lowest BCUT2D eigenvalue weighted by Gasteiger charge is -2.31. The van der Waals surface area contributed by atoms with Crippen molar-refractivity contribution >= 4 is 11.6 Å². The first-order valence-corrected chi connectivity index (χ1v) is 5.84. The second-order valence-electron chi connectivity index (χ2n) is 4.66. The van der Waals surface area contributed by atoms with Crippen molar-refractivity contribution in [3.8, 4) is 0 Å². The Morgan fingerprint density at radius 3 is 2.17 bits per heavy atom. The van der Waals surface area contributed by atoms with Gasteiger partial charge in [-0.05, 0) is 49.9 Å². The van der Waals surface area contributed by atoms with Crippen molar-refractivity contribution in [2.75, 3.05) is 0 Å². The van der Waals surface area contributed by atoms with Gasteiger partial charge in [0.25, 0.3) is 0 Å². The van der Waals surface area contributed by atoms with Gasteiger partial charge in [0, 0.05) is 5.38 Å². The average Bonchev–Trinajstić information content (AvgIpc) is 2.86. The van der Waals surface area contributed by atoms with Gasteiger partial charge in [-0.15, -0.1) is 11.6 Å². The molecular weight excluding hydrogens is 168 g/mol. The molecule has 0 atom stereocenters. The first-order chi connectivity index (χ1) is 5.77. The number of halogens is 1. The maximum atomic E-state index is 6.10. The predicted octanol–water partition coefficient (Wildman–Crippen LogP) is 3.97. The van der Waals surface area contributed by atoms with Crippen LogP contribution in [-0.4, -0.2) is 5.38 Å². The maximum Gasteiger partial charge on any atom is 0.0336 e. The summed E-state index contributed by atoms with van der Waals surface area (Å²) in [6.07, 6.45) is 9.76. The van der Waals surface area contributed by atoms with Crippen LogP contribution in [0.3, 0.4) is 0 Å². The quantitative estimate of drug-likeness (QED) is 0.573. The molecule has 2 rings (SSSR count). The van der Waals surface area contributed by atoms with E-state index in [0.717, 1.165) is 11.3 Å². The molecular formula is C11H19Cl. The third-order valence-corrected chi connectivity index (χ3v) is 4.56. The molecule has 2 aliphatic carbocycles. The molecule has 0 spiro atoms. The highest BCUT2D eigenvalue weighted by Crippen LogP contribution is 2.58. The van der Waals surface area contributed by atoms with Crippen LogP contribution in [0.15, 0.2) is 0 Å². The van der Waals surface area contributed by atoms with Crippen LogP contribution in [0.25, 0.3) is 0 Å². The van der Waals surface area contributed by atoms with Crippen molar-refractivity contribution < 1.29 is 0 Å². The maximum absolute atomic E-state index is 6.10. The van der Waals surface area contributed by atoms with Crippen molar-refractivity contribution in [1.29, 1.82) is 0 Å². The molecule has 0 heterocycles. The Balaban J connectivity index is 1.89. The molecule has 0 aromatic rings. The summed E-state index contributed by atoms with van der Waals surface area (Å²) in [5.74, 6) is 1.03. The van der Waals surface area contributed by atoms with Crippen molar-refractivity contribution in [2.45, 2.75) is 57.2 Å². The summed E-state index contributed by atoms with van der Waals surface area (Å²) >= 11 is 6.10. The van der Waals surface area contributed by atoms with E-state index in [0.29, 0.717) is 5.38 Å². The minimum atomic E-state index is 0.494. The molecule has 2 aliphatic rings. The Bertz CT molecular complexity index is 152. The van der Waals surface area contributed by atoms with E-state index < -0.39 is 0 Å². The van der Waals surface area contributed by atoms with Gasteiger partial charge in [-0.25, -0.2) is 0 Å². The third kappa shape index (κ3) is 1.51. The Labute approximate surface area is 80.7 Å². The number of alkyl halides is 1. The second-order valence-corrected chi connectivity index (χ2v) is 5.28. The molecule has 12 heavy (non-hydrogen) atoms. The van der Waals surface area contributed by atoms with Gasteiger partial charge in [0.1, 0.15) is 0 Å². The molecule has 0 bridgehead atoms. The van der Waals surface area contributed by atoms with Crippen LogP contribution < -0.4 is 0 Å². The smallest absolute Gasteiger partial charge is 0.0336 e. The molecule has 70 valence electrons. The highest BCUT2D eigenvalue weighted by atomic mass is 35.5. The van der Waals surface area contributed by atoms with Crippen molar-refractivity contribution in [3.63, 3.8) is 0 Å². The van der Waals surface area contributed by atoms with Crippen molar-refractivity contribution in [1.82, 2.24) is 0 Å². The predicted molar refractivity (Wildman–Crippen MR) is 53.6 cm³/mol. The molecule has 0 saturated heterocycles. The van der Waals surface area contributed by atoms with Crippen LogP contribution >= 0.6 is 11.6 Å². The van der Waals surface area contributed by atoms with Crippen LogP contribution in [0.5, 0.6) is 0 Å². The molecule has 2 saturated carbocycles. The Hall–Kier alpha value is 0.290. The molecule has 0 N–H and O–H groups in total. The Morgan fingerprint density at radius 2 is 1.75 bits per heavy atom. The van der Waals surface area contributed by atoms with Gasteiger partial charge < -0.3 is 0 Å². The monoisotopic (exact) mass is 186 g/mol. The van der Waals surface area contributed by atoms with E-state index in [9.17, 15) is 0 Å². The van der Waals surface area contributed by atoms with Gasteiger partial charge in [-0.1, -0.05) is 13.3 Å². The van der Waals surface area contributed by atoms with Crippen LogP contribution in [0.4, 0.5) is 0 Å². The lowest BCUT2D eigenvalue weighted by atomic mass is 9.76. The average molecular weight is 187 g/mol. The first kappa shape index (κ1) is 8.87. The summed E-state index contributed by atoms with van der Waals surface area (Å²) in [7, 11) is 0. The van der Waals surface area contributed by atoms with Crippen LogP contribution in [0.1, 0.15) is 51.9 Å². The normalized spacial score (nSPS) is 39.5. The summed E-state index contributed by atoms with van der Waals surface area (Å²) in [5.41, 5.74) is 0.789. The zero-order chi connectivity index (χ0) is 8.60. The topological polar surface area (TPSA) is 0 Å². The molecule has 0 aliphatic heterocycles. The van der Waals surface area contributed by atoms with E-state index in [1.165, 1.54) is 44.9 Å². The van der Waals surface area contributed by atoms with Gasteiger partial charge in [0.2, 0.25) is 0 Å². The molecule has 2 fully saturated rings. The lowest BCUT2D eigenvalue weighted by molar-refractivity contribution is 0.223. The largest absolute Gasteiger partial charge is 0.123 e. The summed E-state index contributed by atoms with van der Waals surface area (Å²) in [4.78, 5) is 0. The standard InChI is InChI=1S/C11H19Cl/c1-2-11(7-8-11)9-3-5-10(12)6-4-9/h9-10H,2-8H2,1H3. The molecule has 0 radical (unpaired) electrons. The molecule has 0 aromatic heterocycles. The van der Waals surface area contributed by atoms with Gasteiger partial charge in [0.15, 0.2) is 0 Å². The Kier molecular flexibility index (Phi) is 2.37. The van der Waals surface area contributed by atoms with Crippen LogP contribution in [0, 0.1) is 11.3 Å². The molecule has 0 nitrogen and oxygen atoms in total. The fourth-order valence-corrected chi connectivity index (χ4v) is 3.13. The van der Waals surface area contributed by atoms with E-state index >= 15 is 0 Å².